The van der Waals surface area contributed by atoms with E-state index in [2.05, 4.69) is 26.3 Å². The Morgan fingerprint density at radius 1 is 1.47 bits per heavy atom. The second-order valence-electron chi connectivity index (χ2n) is 3.21. The zero-order chi connectivity index (χ0) is 11.0. The first-order valence-electron chi connectivity index (χ1n) is 4.35. The van der Waals surface area contributed by atoms with Gasteiger partial charge in [0, 0.05) is 15.6 Å². The number of nitrogens with one attached hydrogen (secondary N) is 1. The van der Waals surface area contributed by atoms with Crippen molar-refractivity contribution >= 4 is 32.5 Å². The van der Waals surface area contributed by atoms with Gasteiger partial charge in [0.25, 0.3) is 0 Å². The molecule has 1 aromatic carbocycles. The van der Waals surface area contributed by atoms with Gasteiger partial charge in [0.05, 0.1) is 5.69 Å². The number of benzene rings is 1. The van der Waals surface area contributed by atoms with E-state index in [1.54, 1.807) is 19.1 Å². The molecular weight excluding hydrogens is 261 g/mol. The number of pyridine rings is 1. The van der Waals surface area contributed by atoms with Crippen molar-refractivity contribution in [3.8, 4) is 0 Å². The Balaban J connectivity index is 2.95. The molecule has 0 unspecified atom stereocenters. The highest BCUT2D eigenvalue weighted by Gasteiger charge is 2.10. The molecule has 0 bridgehead atoms. The molecule has 15 heavy (non-hydrogen) atoms. The minimum atomic E-state index is -0.353. The monoisotopic (exact) mass is 269 g/mol. The number of hydrogen-bond acceptors (Lipinski definition) is 3. The summed E-state index contributed by atoms with van der Waals surface area (Å²) >= 11 is 3.35. The third-order valence-electron chi connectivity index (χ3n) is 2.14. The zero-order valence-corrected chi connectivity index (χ0v) is 9.60. The van der Waals surface area contributed by atoms with Crippen molar-refractivity contribution < 1.29 is 4.39 Å². The van der Waals surface area contributed by atoms with Crippen LogP contribution in [0.5, 0.6) is 0 Å². The van der Waals surface area contributed by atoms with Crippen LogP contribution in [0, 0.1) is 12.7 Å². The second-order valence-corrected chi connectivity index (χ2v) is 4.06. The van der Waals surface area contributed by atoms with E-state index in [4.69, 9.17) is 5.84 Å². The number of nitrogen functional groups attached to an aromatic ring is 1. The molecule has 0 saturated heterocycles. The third kappa shape index (κ3) is 1.68. The quantitative estimate of drug-likeness (QED) is 0.618. The van der Waals surface area contributed by atoms with Gasteiger partial charge in [-0.1, -0.05) is 15.9 Å². The van der Waals surface area contributed by atoms with Gasteiger partial charge >= 0.3 is 0 Å². The summed E-state index contributed by atoms with van der Waals surface area (Å²) in [6, 6.07) is 4.78. The number of aryl methyl sites for hydroxylation is 1. The van der Waals surface area contributed by atoms with Crippen molar-refractivity contribution in [2.24, 2.45) is 5.84 Å². The van der Waals surface area contributed by atoms with Gasteiger partial charge in [-0.2, -0.15) is 0 Å². The van der Waals surface area contributed by atoms with E-state index in [0.29, 0.717) is 22.3 Å². The summed E-state index contributed by atoms with van der Waals surface area (Å²) in [6.07, 6.45) is 0. The summed E-state index contributed by atoms with van der Waals surface area (Å²) in [5.74, 6) is 5.03. The Morgan fingerprint density at radius 2 is 2.20 bits per heavy atom. The highest BCUT2D eigenvalue weighted by atomic mass is 79.9. The van der Waals surface area contributed by atoms with Gasteiger partial charge in [-0.05, 0) is 25.1 Å². The normalized spacial score (nSPS) is 10.7. The number of rotatable bonds is 1. The van der Waals surface area contributed by atoms with Crippen LogP contribution in [0.2, 0.25) is 0 Å². The molecule has 0 aliphatic rings. The van der Waals surface area contributed by atoms with Gasteiger partial charge < -0.3 is 5.43 Å². The van der Waals surface area contributed by atoms with E-state index in [-0.39, 0.29) is 5.82 Å². The second kappa shape index (κ2) is 3.75. The number of nitrogens with zero attached hydrogens (tertiary/aromatic N) is 1. The van der Waals surface area contributed by atoms with Crippen LogP contribution < -0.4 is 11.3 Å². The Labute approximate surface area is 94.6 Å². The van der Waals surface area contributed by atoms with Gasteiger partial charge in [-0.3, -0.25) is 5.84 Å². The summed E-state index contributed by atoms with van der Waals surface area (Å²) in [4.78, 5) is 4.14. The van der Waals surface area contributed by atoms with E-state index in [9.17, 15) is 4.39 Å². The van der Waals surface area contributed by atoms with Crippen molar-refractivity contribution in [1.82, 2.24) is 4.98 Å². The lowest BCUT2D eigenvalue weighted by atomic mass is 10.1. The Bertz CT molecular complexity index is 528. The molecule has 1 heterocycles. The smallest absolute Gasteiger partial charge is 0.149 e. The largest absolute Gasteiger partial charge is 0.323 e. The van der Waals surface area contributed by atoms with Crippen molar-refractivity contribution in [3.05, 3.63) is 34.2 Å². The fraction of sp³-hybridized carbons (Fsp3) is 0.100. The summed E-state index contributed by atoms with van der Waals surface area (Å²) in [5.41, 5.74) is 4.23. The topological polar surface area (TPSA) is 50.9 Å². The molecule has 0 aliphatic carbocycles. The molecule has 1 aromatic heterocycles. The average Bonchev–Trinajstić information content (AvgIpc) is 2.22. The molecule has 0 saturated carbocycles. The summed E-state index contributed by atoms with van der Waals surface area (Å²) in [7, 11) is 0. The Hall–Kier alpha value is -1.20. The van der Waals surface area contributed by atoms with Crippen LogP contribution in [0.4, 0.5) is 10.1 Å². The number of fused-ring (bicyclic) bond motifs is 1. The van der Waals surface area contributed by atoms with Crippen LogP contribution in [-0.4, -0.2) is 4.98 Å². The lowest BCUT2D eigenvalue weighted by Gasteiger charge is -2.09. The van der Waals surface area contributed by atoms with E-state index < -0.39 is 0 Å². The van der Waals surface area contributed by atoms with Gasteiger partial charge in [0.2, 0.25) is 0 Å². The van der Waals surface area contributed by atoms with E-state index >= 15 is 0 Å². The first-order valence-corrected chi connectivity index (χ1v) is 5.14. The predicted molar refractivity (Wildman–Crippen MR) is 61.9 cm³/mol. The molecule has 3 nitrogen and oxygen atoms in total. The highest BCUT2D eigenvalue weighted by Crippen LogP contribution is 2.31. The van der Waals surface area contributed by atoms with Crippen molar-refractivity contribution in [2.75, 3.05) is 5.43 Å². The third-order valence-corrected chi connectivity index (χ3v) is 2.80. The first kappa shape index (κ1) is 10.3. The van der Waals surface area contributed by atoms with E-state index in [1.165, 1.54) is 6.07 Å². The van der Waals surface area contributed by atoms with E-state index in [1.807, 2.05) is 0 Å². The maximum atomic E-state index is 13.5. The predicted octanol–water partition coefficient (Wildman–Crippen LogP) is 2.73. The zero-order valence-electron chi connectivity index (χ0n) is 8.01. The molecule has 0 radical (unpaired) electrons. The minimum Gasteiger partial charge on any atom is -0.323 e. The molecule has 0 aliphatic heterocycles. The van der Waals surface area contributed by atoms with Crippen LogP contribution >= 0.6 is 15.9 Å². The first-order chi connectivity index (χ1) is 7.13. The molecule has 5 heteroatoms. The SMILES string of the molecule is Cc1cc(NN)c2c(Br)ccc(F)c2n1. The fourth-order valence-corrected chi connectivity index (χ4v) is 2.04. The summed E-state index contributed by atoms with van der Waals surface area (Å²) in [6.45, 7) is 1.79. The van der Waals surface area contributed by atoms with Gasteiger partial charge in [-0.25, -0.2) is 9.37 Å². The number of halogens is 2. The van der Waals surface area contributed by atoms with Crippen LogP contribution in [0.15, 0.2) is 22.7 Å². The molecule has 0 amide bonds. The summed E-state index contributed by atoms with van der Waals surface area (Å²) in [5, 5.41) is 0.656. The number of anilines is 1. The molecule has 0 fully saturated rings. The molecule has 2 aromatic rings. The maximum absolute atomic E-state index is 13.5. The molecule has 0 spiro atoms. The van der Waals surface area contributed by atoms with E-state index in [0.717, 1.165) is 4.47 Å². The summed E-state index contributed by atoms with van der Waals surface area (Å²) < 4.78 is 14.3. The van der Waals surface area contributed by atoms with Gasteiger partial charge in [0.15, 0.2) is 0 Å². The number of aromatic nitrogens is 1. The Kier molecular flexibility index (Phi) is 2.58. The lowest BCUT2D eigenvalue weighted by molar-refractivity contribution is 0.636. The average molecular weight is 270 g/mol. The van der Waals surface area contributed by atoms with Crippen molar-refractivity contribution in [3.63, 3.8) is 0 Å². The van der Waals surface area contributed by atoms with Crippen LogP contribution in [-0.2, 0) is 0 Å². The van der Waals surface area contributed by atoms with Gasteiger partial charge in [0.1, 0.15) is 11.3 Å². The number of hydrazine groups is 1. The fourth-order valence-electron chi connectivity index (χ4n) is 1.51. The van der Waals surface area contributed by atoms with Crippen LogP contribution in [0.25, 0.3) is 10.9 Å². The molecule has 78 valence electrons. The molecule has 0 atom stereocenters. The highest BCUT2D eigenvalue weighted by molar-refractivity contribution is 9.10. The van der Waals surface area contributed by atoms with Crippen LogP contribution in [0.3, 0.4) is 0 Å². The van der Waals surface area contributed by atoms with Crippen molar-refractivity contribution in [1.29, 1.82) is 0 Å². The lowest BCUT2D eigenvalue weighted by Crippen LogP contribution is -2.08. The molecule has 2 rings (SSSR count). The van der Waals surface area contributed by atoms with Crippen LogP contribution in [0.1, 0.15) is 5.69 Å². The Morgan fingerprint density at radius 3 is 2.87 bits per heavy atom. The maximum Gasteiger partial charge on any atom is 0.149 e. The van der Waals surface area contributed by atoms with Crippen molar-refractivity contribution in [2.45, 2.75) is 6.92 Å². The van der Waals surface area contributed by atoms with Gasteiger partial charge in [-0.15, -0.1) is 0 Å². The molecule has 3 N–H and O–H groups in total. The minimum absolute atomic E-state index is 0.317. The number of hydrogen-bond donors (Lipinski definition) is 2. The molecular formula is C10H9BrFN3. The standard InChI is InChI=1S/C10H9BrFN3/c1-5-4-8(15-13)9-6(11)2-3-7(12)10(9)14-5/h2-4H,13H2,1H3,(H,14,15). The number of nitrogens with two attached hydrogens (primary N) is 1.